The minimum Gasteiger partial charge on any atom is -0.278 e. The van der Waals surface area contributed by atoms with Gasteiger partial charge >= 0.3 is 0 Å². The predicted molar refractivity (Wildman–Crippen MR) is 74.1 cm³/mol. The van der Waals surface area contributed by atoms with Gasteiger partial charge in [-0.1, -0.05) is 6.07 Å². The highest BCUT2D eigenvalue weighted by atomic mass is 127. The van der Waals surface area contributed by atoms with Gasteiger partial charge in [-0.15, -0.1) is 0 Å². The Labute approximate surface area is 122 Å². The summed E-state index contributed by atoms with van der Waals surface area (Å²) in [4.78, 5) is 3.14. The van der Waals surface area contributed by atoms with Gasteiger partial charge in [0.1, 0.15) is 16.5 Å². The molecule has 100 valence electrons. The molecule has 0 fully saturated rings. The van der Waals surface area contributed by atoms with Gasteiger partial charge in [-0.05, 0) is 40.8 Å². The monoisotopic (exact) mass is 396 g/mol. The van der Waals surface area contributed by atoms with Gasteiger partial charge < -0.3 is 0 Å². The quantitative estimate of drug-likeness (QED) is 0.812. The van der Waals surface area contributed by atoms with Crippen LogP contribution in [0.4, 0.5) is 14.5 Å². The molecule has 0 spiro atoms. The highest BCUT2D eigenvalue weighted by Crippen LogP contribution is 2.23. The number of benzene rings is 1. The summed E-state index contributed by atoms with van der Waals surface area (Å²) in [5.41, 5.74) is 0.0878. The van der Waals surface area contributed by atoms with E-state index in [1.807, 2.05) is 0 Å². The lowest BCUT2D eigenvalue weighted by molar-refractivity contribution is 0.592. The zero-order chi connectivity index (χ0) is 14.0. The lowest BCUT2D eigenvalue weighted by atomic mass is 10.3. The van der Waals surface area contributed by atoms with Crippen molar-refractivity contribution in [1.29, 1.82) is 0 Å². The van der Waals surface area contributed by atoms with Gasteiger partial charge in [-0.3, -0.25) is 9.71 Å². The van der Waals surface area contributed by atoms with Gasteiger partial charge in [0.05, 0.1) is 15.5 Å². The Bertz CT molecular complexity index is 722. The average molecular weight is 396 g/mol. The third kappa shape index (κ3) is 3.18. The molecule has 0 saturated carbocycles. The van der Waals surface area contributed by atoms with E-state index in [-0.39, 0.29) is 14.2 Å². The summed E-state index contributed by atoms with van der Waals surface area (Å²) in [5, 5.41) is 0. The van der Waals surface area contributed by atoms with E-state index in [9.17, 15) is 17.2 Å². The van der Waals surface area contributed by atoms with Gasteiger partial charge in [0.2, 0.25) is 0 Å². The molecule has 8 heteroatoms. The standard InChI is InChI=1S/C11H7F2IN2O2S/c12-7-4-8(6-15-5-7)19(17,18)16-10-3-1-2-9(13)11(10)14/h1-6,16H. The molecule has 0 aliphatic rings. The summed E-state index contributed by atoms with van der Waals surface area (Å²) in [6.45, 7) is 0. The second-order valence-electron chi connectivity index (χ2n) is 3.55. The molecule has 0 aliphatic heterocycles. The first-order chi connectivity index (χ1) is 8.90. The zero-order valence-corrected chi connectivity index (χ0v) is 12.2. The Balaban J connectivity index is 2.39. The first-order valence-corrected chi connectivity index (χ1v) is 7.54. The highest BCUT2D eigenvalue weighted by molar-refractivity contribution is 14.1. The molecule has 1 heterocycles. The van der Waals surface area contributed by atoms with Crippen molar-refractivity contribution < 1.29 is 17.2 Å². The second kappa shape index (κ2) is 5.37. The molecule has 0 saturated heterocycles. The van der Waals surface area contributed by atoms with Gasteiger partial charge in [0, 0.05) is 6.20 Å². The van der Waals surface area contributed by atoms with Crippen LogP contribution in [-0.2, 0) is 10.0 Å². The number of halogens is 3. The van der Waals surface area contributed by atoms with E-state index in [4.69, 9.17) is 0 Å². The van der Waals surface area contributed by atoms with E-state index in [0.29, 0.717) is 0 Å². The molecule has 0 atom stereocenters. The van der Waals surface area contributed by atoms with Crippen molar-refractivity contribution in [3.8, 4) is 0 Å². The van der Waals surface area contributed by atoms with Crippen LogP contribution in [0.1, 0.15) is 0 Å². The minimum absolute atomic E-state index is 0.0878. The molecule has 2 rings (SSSR count). The zero-order valence-electron chi connectivity index (χ0n) is 9.27. The number of hydrogen-bond acceptors (Lipinski definition) is 3. The molecule has 1 N–H and O–H groups in total. The van der Waals surface area contributed by atoms with Crippen LogP contribution in [0.25, 0.3) is 0 Å². The fourth-order valence-corrected chi connectivity index (χ4v) is 3.05. The van der Waals surface area contributed by atoms with E-state index in [1.165, 1.54) is 18.2 Å². The van der Waals surface area contributed by atoms with Gasteiger partial charge in [0.15, 0.2) is 0 Å². The maximum absolute atomic E-state index is 13.3. The third-order valence-corrected chi connectivity index (χ3v) is 4.61. The van der Waals surface area contributed by atoms with Crippen LogP contribution < -0.4 is 4.72 Å². The van der Waals surface area contributed by atoms with Crippen molar-refractivity contribution in [3.05, 3.63) is 51.9 Å². The van der Waals surface area contributed by atoms with Crippen LogP contribution in [-0.4, -0.2) is 13.4 Å². The maximum atomic E-state index is 13.3. The van der Waals surface area contributed by atoms with Crippen molar-refractivity contribution in [1.82, 2.24) is 4.98 Å². The number of nitrogens with one attached hydrogen (secondary N) is 1. The average Bonchev–Trinajstić information content (AvgIpc) is 2.35. The fourth-order valence-electron chi connectivity index (χ4n) is 1.33. The molecule has 1 aromatic carbocycles. The maximum Gasteiger partial charge on any atom is 0.263 e. The van der Waals surface area contributed by atoms with Gasteiger partial charge in [-0.25, -0.2) is 17.2 Å². The van der Waals surface area contributed by atoms with E-state index < -0.39 is 21.7 Å². The summed E-state index contributed by atoms with van der Waals surface area (Å²) in [7, 11) is -4.00. The van der Waals surface area contributed by atoms with Crippen molar-refractivity contribution in [2.75, 3.05) is 4.72 Å². The third-order valence-electron chi connectivity index (χ3n) is 2.19. The number of sulfonamides is 1. The Morgan fingerprint density at radius 3 is 2.63 bits per heavy atom. The van der Waals surface area contributed by atoms with Crippen molar-refractivity contribution in [2.45, 2.75) is 4.90 Å². The molecule has 0 bridgehead atoms. The minimum atomic E-state index is -4.00. The Hall–Kier alpha value is -1.29. The Kier molecular flexibility index (Phi) is 3.99. The molecule has 2 aromatic rings. The molecule has 19 heavy (non-hydrogen) atoms. The molecular weight excluding hydrogens is 389 g/mol. The number of aromatic nitrogens is 1. The van der Waals surface area contributed by atoms with E-state index in [2.05, 4.69) is 9.71 Å². The van der Waals surface area contributed by atoms with E-state index >= 15 is 0 Å². The number of rotatable bonds is 3. The number of pyridine rings is 1. The summed E-state index contributed by atoms with van der Waals surface area (Å²) >= 11 is 1.68. The summed E-state index contributed by atoms with van der Waals surface area (Å²) in [5.74, 6) is -1.31. The molecule has 0 radical (unpaired) electrons. The number of hydrogen-bond donors (Lipinski definition) is 1. The highest BCUT2D eigenvalue weighted by Gasteiger charge is 2.17. The van der Waals surface area contributed by atoms with Crippen LogP contribution in [0.2, 0.25) is 0 Å². The van der Waals surface area contributed by atoms with E-state index in [1.54, 1.807) is 22.6 Å². The molecular formula is C11H7F2IN2O2S. The van der Waals surface area contributed by atoms with Crippen molar-refractivity contribution >= 4 is 38.3 Å². The second-order valence-corrected chi connectivity index (χ2v) is 6.31. The first kappa shape index (κ1) is 14.1. The molecule has 4 nitrogen and oxygen atoms in total. The summed E-state index contributed by atoms with van der Waals surface area (Å²) in [6, 6.07) is 4.83. The number of anilines is 1. The predicted octanol–water partition coefficient (Wildman–Crippen LogP) is 2.77. The fraction of sp³-hybridized carbons (Fsp3) is 0. The van der Waals surface area contributed by atoms with Crippen LogP contribution in [0, 0.1) is 15.2 Å². The van der Waals surface area contributed by atoms with Gasteiger partial charge in [-0.2, -0.15) is 0 Å². The molecule has 1 aromatic heterocycles. The van der Waals surface area contributed by atoms with Crippen molar-refractivity contribution in [2.24, 2.45) is 0 Å². The largest absolute Gasteiger partial charge is 0.278 e. The van der Waals surface area contributed by atoms with Crippen LogP contribution >= 0.6 is 22.6 Å². The van der Waals surface area contributed by atoms with Gasteiger partial charge in [0.25, 0.3) is 10.0 Å². The number of nitrogens with zero attached hydrogens (tertiary/aromatic N) is 1. The van der Waals surface area contributed by atoms with Crippen LogP contribution in [0.5, 0.6) is 0 Å². The topological polar surface area (TPSA) is 59.1 Å². The summed E-state index contributed by atoms with van der Waals surface area (Å²) in [6.07, 6.45) is 1.91. The SMILES string of the molecule is O=S(=O)(Nc1cccc(F)c1I)c1cncc(F)c1. The smallest absolute Gasteiger partial charge is 0.263 e. The van der Waals surface area contributed by atoms with Crippen LogP contribution in [0.3, 0.4) is 0 Å². The van der Waals surface area contributed by atoms with Crippen molar-refractivity contribution in [3.63, 3.8) is 0 Å². The molecule has 0 unspecified atom stereocenters. The molecule has 0 aliphatic carbocycles. The normalized spacial score (nSPS) is 11.3. The first-order valence-electron chi connectivity index (χ1n) is 4.97. The summed E-state index contributed by atoms with van der Waals surface area (Å²) < 4.78 is 52.5. The van der Waals surface area contributed by atoms with E-state index in [0.717, 1.165) is 18.5 Å². The lowest BCUT2D eigenvalue weighted by Crippen LogP contribution is -2.14. The molecule has 0 amide bonds. The Morgan fingerprint density at radius 1 is 1.21 bits per heavy atom. The Morgan fingerprint density at radius 2 is 1.95 bits per heavy atom. The lowest BCUT2D eigenvalue weighted by Gasteiger charge is -2.09. The van der Waals surface area contributed by atoms with Crippen LogP contribution in [0.15, 0.2) is 41.6 Å².